The van der Waals surface area contributed by atoms with Crippen molar-refractivity contribution >= 4 is 21.5 Å². The van der Waals surface area contributed by atoms with Crippen LogP contribution in [0.1, 0.15) is 34.8 Å². The summed E-state index contributed by atoms with van der Waals surface area (Å²) in [5, 5.41) is 8.96. The van der Waals surface area contributed by atoms with Crippen molar-refractivity contribution in [3.05, 3.63) is 35.8 Å². The van der Waals surface area contributed by atoms with Crippen LogP contribution in [0.5, 0.6) is 0 Å². The molecule has 0 spiro atoms. The van der Waals surface area contributed by atoms with Crippen LogP contribution in [0, 0.1) is 0 Å². The first-order valence-electron chi connectivity index (χ1n) is 6.37. The van der Waals surface area contributed by atoms with E-state index in [-0.39, 0.29) is 23.0 Å². The Hall–Kier alpha value is -1.89. The summed E-state index contributed by atoms with van der Waals surface area (Å²) in [6, 6.07) is 3.17. The topological polar surface area (TPSA) is 88.7 Å². The van der Waals surface area contributed by atoms with Crippen molar-refractivity contribution in [3.63, 3.8) is 0 Å². The Labute approximate surface area is 116 Å². The summed E-state index contributed by atoms with van der Waals surface area (Å²) in [7, 11) is -2.88. The highest BCUT2D eigenvalue weighted by molar-refractivity contribution is 7.91. The number of rotatable bonds is 2. The van der Waals surface area contributed by atoms with E-state index in [9.17, 15) is 13.2 Å². The van der Waals surface area contributed by atoms with E-state index in [1.807, 2.05) is 0 Å². The zero-order valence-electron chi connectivity index (χ0n) is 10.7. The molecule has 3 heterocycles. The van der Waals surface area contributed by atoms with Gasteiger partial charge in [-0.1, -0.05) is 0 Å². The quantitative estimate of drug-likeness (QED) is 0.902. The van der Waals surface area contributed by atoms with Crippen LogP contribution in [-0.2, 0) is 9.84 Å². The largest absolute Gasteiger partial charge is 0.478 e. The minimum atomic E-state index is -2.88. The van der Waals surface area contributed by atoms with E-state index in [4.69, 9.17) is 5.11 Å². The van der Waals surface area contributed by atoms with Crippen molar-refractivity contribution in [2.75, 3.05) is 11.5 Å². The van der Waals surface area contributed by atoms with Gasteiger partial charge in [-0.05, 0) is 25.0 Å². The number of pyridine rings is 1. The predicted octanol–water partition coefficient (Wildman–Crippen LogP) is 1.32. The molecule has 1 aliphatic rings. The third-order valence-corrected chi connectivity index (χ3v) is 5.40. The van der Waals surface area contributed by atoms with Crippen LogP contribution in [0.15, 0.2) is 24.5 Å². The Kier molecular flexibility index (Phi) is 3.01. The zero-order valence-corrected chi connectivity index (χ0v) is 11.5. The number of hydrogen-bond donors (Lipinski definition) is 1. The normalized spacial score (nSPS) is 19.2. The van der Waals surface area contributed by atoms with Gasteiger partial charge in [-0.2, -0.15) is 0 Å². The summed E-state index contributed by atoms with van der Waals surface area (Å²) in [5.41, 5.74) is 1.72. The van der Waals surface area contributed by atoms with E-state index in [1.165, 1.54) is 12.3 Å². The minimum Gasteiger partial charge on any atom is -0.478 e. The molecule has 0 aromatic carbocycles. The van der Waals surface area contributed by atoms with Gasteiger partial charge in [-0.25, -0.2) is 18.2 Å². The van der Waals surface area contributed by atoms with E-state index >= 15 is 0 Å². The molecule has 2 aromatic rings. The Morgan fingerprint density at radius 3 is 2.60 bits per heavy atom. The number of sulfone groups is 1. The van der Waals surface area contributed by atoms with Crippen molar-refractivity contribution in [1.82, 2.24) is 9.38 Å². The molecule has 1 aliphatic heterocycles. The van der Waals surface area contributed by atoms with Crippen LogP contribution < -0.4 is 0 Å². The third kappa shape index (κ3) is 2.40. The fraction of sp³-hybridized carbons (Fsp3) is 0.385. The number of fused-ring (bicyclic) bond motifs is 1. The number of carbonyl (C=O) groups is 1. The molecule has 0 atom stereocenters. The van der Waals surface area contributed by atoms with Crippen molar-refractivity contribution < 1.29 is 18.3 Å². The van der Waals surface area contributed by atoms with Crippen molar-refractivity contribution in [1.29, 1.82) is 0 Å². The standard InChI is InChI=1S/C13H14N2O4S/c16-13(17)10-1-2-12-14-11(8-15(12)7-10)9-3-5-20(18,19)6-4-9/h1-2,7-9H,3-6H2,(H,16,17). The second-order valence-corrected chi connectivity index (χ2v) is 7.38. The fourth-order valence-corrected chi connectivity index (χ4v) is 4.01. The summed E-state index contributed by atoms with van der Waals surface area (Å²) in [4.78, 5) is 15.4. The molecular weight excluding hydrogens is 280 g/mol. The Morgan fingerprint density at radius 1 is 1.25 bits per heavy atom. The van der Waals surface area contributed by atoms with Gasteiger partial charge >= 0.3 is 5.97 Å². The number of carboxylic acid groups (broad SMARTS) is 1. The number of aromatic nitrogens is 2. The van der Waals surface area contributed by atoms with Crippen molar-refractivity contribution in [3.8, 4) is 0 Å². The first-order chi connectivity index (χ1) is 9.44. The molecule has 0 aliphatic carbocycles. The Balaban J connectivity index is 1.91. The zero-order chi connectivity index (χ0) is 14.3. The summed E-state index contributed by atoms with van der Waals surface area (Å²) in [6.45, 7) is 0. The van der Waals surface area contributed by atoms with Crippen LogP contribution in [0.25, 0.3) is 5.65 Å². The number of nitrogens with zero attached hydrogens (tertiary/aromatic N) is 2. The fourth-order valence-electron chi connectivity index (χ4n) is 2.52. The van der Waals surface area contributed by atoms with Gasteiger partial charge in [0.2, 0.25) is 0 Å². The average Bonchev–Trinajstić information content (AvgIpc) is 2.81. The van der Waals surface area contributed by atoms with Gasteiger partial charge in [0.15, 0.2) is 0 Å². The second-order valence-electron chi connectivity index (χ2n) is 5.08. The number of hydrogen-bond acceptors (Lipinski definition) is 4. The first kappa shape index (κ1) is 13.1. The van der Waals surface area contributed by atoms with Crippen LogP contribution in [-0.4, -0.2) is 40.4 Å². The van der Waals surface area contributed by atoms with Gasteiger partial charge in [0, 0.05) is 18.3 Å². The van der Waals surface area contributed by atoms with E-state index in [2.05, 4.69) is 4.98 Å². The van der Waals surface area contributed by atoms with Crippen LogP contribution in [0.4, 0.5) is 0 Å². The van der Waals surface area contributed by atoms with Gasteiger partial charge in [0.05, 0.1) is 22.8 Å². The van der Waals surface area contributed by atoms with Crippen LogP contribution in [0.3, 0.4) is 0 Å². The Bertz CT molecular complexity index is 765. The van der Waals surface area contributed by atoms with Gasteiger partial charge in [0.25, 0.3) is 0 Å². The Morgan fingerprint density at radius 2 is 1.95 bits per heavy atom. The molecule has 0 unspecified atom stereocenters. The maximum atomic E-state index is 11.4. The van der Waals surface area contributed by atoms with Gasteiger partial charge in [-0.3, -0.25) is 0 Å². The molecule has 6 nitrogen and oxygen atoms in total. The van der Waals surface area contributed by atoms with Crippen molar-refractivity contribution in [2.45, 2.75) is 18.8 Å². The maximum absolute atomic E-state index is 11.4. The molecule has 1 fully saturated rings. The minimum absolute atomic E-state index is 0.131. The van der Waals surface area contributed by atoms with E-state index in [1.54, 1.807) is 16.7 Å². The van der Waals surface area contributed by atoms with Crippen LogP contribution >= 0.6 is 0 Å². The predicted molar refractivity (Wildman–Crippen MR) is 72.8 cm³/mol. The number of imidazole rings is 1. The molecule has 2 aromatic heterocycles. The molecular formula is C13H14N2O4S. The number of carboxylic acids is 1. The lowest BCUT2D eigenvalue weighted by Crippen LogP contribution is -2.22. The molecule has 1 N–H and O–H groups in total. The SMILES string of the molecule is O=C(O)c1ccc2nc(C3CCS(=O)(=O)CC3)cn2c1. The highest BCUT2D eigenvalue weighted by Crippen LogP contribution is 2.28. The summed E-state index contributed by atoms with van der Waals surface area (Å²) in [5.74, 6) is -0.449. The van der Waals surface area contributed by atoms with Crippen molar-refractivity contribution in [2.24, 2.45) is 0 Å². The summed E-state index contributed by atoms with van der Waals surface area (Å²) in [6.07, 6.45) is 4.48. The molecule has 7 heteroatoms. The number of aromatic carboxylic acids is 1. The maximum Gasteiger partial charge on any atom is 0.337 e. The summed E-state index contributed by atoms with van der Waals surface area (Å²) < 4.78 is 24.5. The van der Waals surface area contributed by atoms with Gasteiger partial charge < -0.3 is 9.51 Å². The van der Waals surface area contributed by atoms with Gasteiger partial charge in [0.1, 0.15) is 15.5 Å². The van der Waals surface area contributed by atoms with E-state index < -0.39 is 15.8 Å². The monoisotopic (exact) mass is 294 g/mol. The summed E-state index contributed by atoms with van der Waals surface area (Å²) >= 11 is 0. The molecule has 0 amide bonds. The molecule has 20 heavy (non-hydrogen) atoms. The molecule has 0 bridgehead atoms. The smallest absolute Gasteiger partial charge is 0.337 e. The second kappa shape index (κ2) is 4.59. The van der Waals surface area contributed by atoms with Gasteiger partial charge in [-0.15, -0.1) is 0 Å². The molecule has 1 saturated heterocycles. The third-order valence-electron chi connectivity index (χ3n) is 3.69. The lowest BCUT2D eigenvalue weighted by atomic mass is 10.00. The lowest BCUT2D eigenvalue weighted by Gasteiger charge is -2.19. The van der Waals surface area contributed by atoms with E-state index in [0.29, 0.717) is 18.5 Å². The molecule has 3 rings (SSSR count). The molecule has 0 radical (unpaired) electrons. The van der Waals surface area contributed by atoms with Crippen LogP contribution in [0.2, 0.25) is 0 Å². The average molecular weight is 294 g/mol. The highest BCUT2D eigenvalue weighted by Gasteiger charge is 2.26. The lowest BCUT2D eigenvalue weighted by molar-refractivity contribution is 0.0696. The molecule has 106 valence electrons. The van der Waals surface area contributed by atoms with E-state index in [0.717, 1.165) is 5.69 Å². The first-order valence-corrected chi connectivity index (χ1v) is 8.19. The molecule has 0 saturated carbocycles. The highest BCUT2D eigenvalue weighted by atomic mass is 32.2.